The number of hydrogen-bond donors (Lipinski definition) is 1. The van der Waals surface area contributed by atoms with Gasteiger partial charge >= 0.3 is 0 Å². The molecule has 1 aliphatic rings. The van der Waals surface area contributed by atoms with E-state index in [9.17, 15) is 0 Å². The average molecular weight is 221 g/mol. The highest BCUT2D eigenvalue weighted by Crippen LogP contribution is 2.25. The van der Waals surface area contributed by atoms with Crippen molar-refractivity contribution >= 4 is 0 Å². The summed E-state index contributed by atoms with van der Waals surface area (Å²) in [6.07, 6.45) is 11.0. The van der Waals surface area contributed by atoms with Crippen molar-refractivity contribution in [2.75, 3.05) is 6.54 Å². The summed E-state index contributed by atoms with van der Waals surface area (Å²) in [5.74, 6) is 0.872. The first-order chi connectivity index (χ1) is 7.88. The van der Waals surface area contributed by atoms with Gasteiger partial charge < -0.3 is 5.32 Å². The van der Waals surface area contributed by atoms with E-state index >= 15 is 0 Å². The van der Waals surface area contributed by atoms with Crippen LogP contribution in [0, 0.1) is 5.92 Å². The zero-order valence-electron chi connectivity index (χ0n) is 10.3. The van der Waals surface area contributed by atoms with Crippen molar-refractivity contribution < 1.29 is 0 Å². The molecule has 0 amide bonds. The third kappa shape index (κ3) is 3.34. The van der Waals surface area contributed by atoms with Crippen LogP contribution in [0.3, 0.4) is 0 Å². The highest BCUT2D eigenvalue weighted by Gasteiger charge is 2.15. The molecule has 0 atom stereocenters. The Morgan fingerprint density at radius 3 is 3.00 bits per heavy atom. The van der Waals surface area contributed by atoms with Gasteiger partial charge in [0.05, 0.1) is 6.20 Å². The molecule has 16 heavy (non-hydrogen) atoms. The van der Waals surface area contributed by atoms with Crippen LogP contribution in [0.1, 0.15) is 44.6 Å². The van der Waals surface area contributed by atoms with E-state index in [-0.39, 0.29) is 0 Å². The number of nitrogens with zero attached hydrogens (tertiary/aromatic N) is 2. The largest absolute Gasteiger partial charge is 0.313 e. The number of aromatic nitrogens is 2. The lowest BCUT2D eigenvalue weighted by Gasteiger charge is -2.08. The third-order valence-corrected chi connectivity index (χ3v) is 3.36. The van der Waals surface area contributed by atoms with Crippen LogP contribution in [0.4, 0.5) is 0 Å². The normalized spacial score (nSPS) is 17.1. The Hall–Kier alpha value is -0.830. The lowest BCUT2D eigenvalue weighted by atomic mass is 10.1. The predicted octanol–water partition coefficient (Wildman–Crippen LogP) is 2.57. The summed E-state index contributed by atoms with van der Waals surface area (Å²) < 4.78 is 2.12. The second-order valence-electron chi connectivity index (χ2n) is 4.90. The van der Waals surface area contributed by atoms with E-state index in [1.165, 1.54) is 37.7 Å². The third-order valence-electron chi connectivity index (χ3n) is 3.36. The van der Waals surface area contributed by atoms with Crippen molar-refractivity contribution in [3.05, 3.63) is 18.0 Å². The van der Waals surface area contributed by atoms with Crippen LogP contribution in [0.5, 0.6) is 0 Å². The number of nitrogens with one attached hydrogen (secondary N) is 1. The molecule has 3 heteroatoms. The first kappa shape index (κ1) is 11.6. The van der Waals surface area contributed by atoms with Crippen molar-refractivity contribution in [3.63, 3.8) is 0 Å². The predicted molar refractivity (Wildman–Crippen MR) is 66.2 cm³/mol. The van der Waals surface area contributed by atoms with E-state index in [1.54, 1.807) is 0 Å². The number of rotatable bonds is 6. The van der Waals surface area contributed by atoms with Gasteiger partial charge in [-0.05, 0) is 31.7 Å². The van der Waals surface area contributed by atoms with Gasteiger partial charge in [0.15, 0.2) is 0 Å². The number of hydrogen-bond acceptors (Lipinski definition) is 2. The molecular weight excluding hydrogens is 198 g/mol. The lowest BCUT2D eigenvalue weighted by Crippen LogP contribution is -2.13. The van der Waals surface area contributed by atoms with Crippen LogP contribution in [0.25, 0.3) is 0 Å². The molecule has 1 aromatic rings. The summed E-state index contributed by atoms with van der Waals surface area (Å²) in [5, 5.41) is 7.84. The molecule has 1 saturated carbocycles. The molecule has 1 N–H and O–H groups in total. The van der Waals surface area contributed by atoms with Gasteiger partial charge in [0.1, 0.15) is 0 Å². The molecule has 0 aromatic carbocycles. The van der Waals surface area contributed by atoms with Gasteiger partial charge in [-0.25, -0.2) is 0 Å². The molecule has 0 unspecified atom stereocenters. The molecule has 2 rings (SSSR count). The van der Waals surface area contributed by atoms with Gasteiger partial charge in [0.25, 0.3) is 0 Å². The monoisotopic (exact) mass is 221 g/mol. The second kappa shape index (κ2) is 6.04. The first-order valence-corrected chi connectivity index (χ1v) is 6.60. The fourth-order valence-corrected chi connectivity index (χ4v) is 2.46. The van der Waals surface area contributed by atoms with Crippen LogP contribution < -0.4 is 5.32 Å². The van der Waals surface area contributed by atoms with Gasteiger partial charge in [0.2, 0.25) is 0 Å². The van der Waals surface area contributed by atoms with Gasteiger partial charge in [-0.2, -0.15) is 5.10 Å². The summed E-state index contributed by atoms with van der Waals surface area (Å²) >= 11 is 0. The molecule has 0 spiro atoms. The maximum atomic E-state index is 4.44. The first-order valence-electron chi connectivity index (χ1n) is 6.60. The Kier molecular flexibility index (Phi) is 4.40. The van der Waals surface area contributed by atoms with Crippen LogP contribution in [-0.4, -0.2) is 16.3 Å². The Morgan fingerprint density at radius 2 is 2.25 bits per heavy atom. The van der Waals surface area contributed by atoms with Crippen LogP contribution in [-0.2, 0) is 13.1 Å². The van der Waals surface area contributed by atoms with E-state index in [0.29, 0.717) is 0 Å². The van der Waals surface area contributed by atoms with Crippen LogP contribution >= 0.6 is 0 Å². The molecule has 1 aliphatic carbocycles. The van der Waals surface area contributed by atoms with Crippen LogP contribution in [0.15, 0.2) is 12.4 Å². The zero-order chi connectivity index (χ0) is 11.2. The minimum Gasteiger partial charge on any atom is -0.313 e. The highest BCUT2D eigenvalue weighted by molar-refractivity contribution is 5.03. The molecule has 1 heterocycles. The molecule has 3 nitrogen and oxygen atoms in total. The Morgan fingerprint density at radius 1 is 1.44 bits per heavy atom. The summed E-state index contributed by atoms with van der Waals surface area (Å²) in [4.78, 5) is 0. The molecule has 1 aromatic heterocycles. The lowest BCUT2D eigenvalue weighted by molar-refractivity contribution is 0.429. The van der Waals surface area contributed by atoms with Gasteiger partial charge in [-0.3, -0.25) is 4.68 Å². The Balaban J connectivity index is 1.77. The van der Waals surface area contributed by atoms with E-state index in [4.69, 9.17) is 0 Å². The minimum absolute atomic E-state index is 0.872. The molecule has 0 saturated heterocycles. The maximum Gasteiger partial charge on any atom is 0.0534 e. The van der Waals surface area contributed by atoms with Gasteiger partial charge in [-0.15, -0.1) is 0 Å². The van der Waals surface area contributed by atoms with Crippen molar-refractivity contribution in [2.24, 2.45) is 5.92 Å². The summed E-state index contributed by atoms with van der Waals surface area (Å²) in [6.45, 7) is 5.36. The molecule has 90 valence electrons. The molecular formula is C13H23N3. The van der Waals surface area contributed by atoms with Gasteiger partial charge in [0, 0.05) is 24.8 Å². The second-order valence-corrected chi connectivity index (χ2v) is 4.90. The van der Waals surface area contributed by atoms with E-state index in [0.717, 1.165) is 25.6 Å². The van der Waals surface area contributed by atoms with E-state index in [1.807, 2.05) is 6.20 Å². The van der Waals surface area contributed by atoms with Crippen molar-refractivity contribution in [1.29, 1.82) is 0 Å². The maximum absolute atomic E-state index is 4.44. The fourth-order valence-electron chi connectivity index (χ4n) is 2.46. The standard InChI is InChI=1S/C13H23N3/c1-2-7-14-8-13-9-15-16(11-13)10-12-5-3-4-6-12/h9,11-12,14H,2-8,10H2,1H3. The summed E-state index contributed by atoms with van der Waals surface area (Å²) in [5.41, 5.74) is 1.31. The van der Waals surface area contributed by atoms with E-state index in [2.05, 4.69) is 28.2 Å². The average Bonchev–Trinajstić information content (AvgIpc) is 2.91. The topological polar surface area (TPSA) is 29.9 Å². The molecule has 1 fully saturated rings. The molecule has 0 bridgehead atoms. The van der Waals surface area contributed by atoms with Crippen molar-refractivity contribution in [2.45, 2.75) is 52.1 Å². The van der Waals surface area contributed by atoms with Gasteiger partial charge in [-0.1, -0.05) is 19.8 Å². The van der Waals surface area contributed by atoms with Crippen molar-refractivity contribution in [1.82, 2.24) is 15.1 Å². The Labute approximate surface area is 98.2 Å². The smallest absolute Gasteiger partial charge is 0.0534 e. The zero-order valence-corrected chi connectivity index (χ0v) is 10.3. The molecule has 0 aliphatic heterocycles. The van der Waals surface area contributed by atoms with Crippen molar-refractivity contribution in [3.8, 4) is 0 Å². The summed E-state index contributed by atoms with van der Waals surface area (Å²) in [6, 6.07) is 0. The SMILES string of the molecule is CCCNCc1cnn(CC2CCCC2)c1. The van der Waals surface area contributed by atoms with Crippen LogP contribution in [0.2, 0.25) is 0 Å². The highest BCUT2D eigenvalue weighted by atomic mass is 15.3. The Bertz CT molecular complexity index is 300. The summed E-state index contributed by atoms with van der Waals surface area (Å²) in [7, 11) is 0. The minimum atomic E-state index is 0.872. The van der Waals surface area contributed by atoms with E-state index < -0.39 is 0 Å². The fraction of sp³-hybridized carbons (Fsp3) is 0.769. The molecule has 0 radical (unpaired) electrons. The quantitative estimate of drug-likeness (QED) is 0.748.